The van der Waals surface area contributed by atoms with Crippen molar-refractivity contribution in [3.8, 4) is 0 Å². The molecule has 0 saturated carbocycles. The lowest BCUT2D eigenvalue weighted by Gasteiger charge is -2.25. The Kier molecular flexibility index (Phi) is 9.00. The van der Waals surface area contributed by atoms with Gasteiger partial charge >= 0.3 is 6.15 Å². The number of benzene rings is 1. The van der Waals surface area contributed by atoms with E-state index in [1.165, 1.54) is 48.1 Å². The second-order valence-electron chi connectivity index (χ2n) is 8.93. The third kappa shape index (κ3) is 5.93. The van der Waals surface area contributed by atoms with Crippen molar-refractivity contribution in [1.29, 1.82) is 0 Å². The largest absolute Gasteiger partial charge is 0.373 e. The number of carbonyl (C=O) groups is 2. The van der Waals surface area contributed by atoms with Crippen LogP contribution in [0.3, 0.4) is 0 Å². The second kappa shape index (κ2) is 11.7. The van der Waals surface area contributed by atoms with Crippen molar-refractivity contribution in [3.05, 3.63) is 44.9 Å². The summed E-state index contributed by atoms with van der Waals surface area (Å²) < 4.78 is 0.599. The third-order valence-electron chi connectivity index (χ3n) is 6.63. The number of fused-ring (bicyclic) bond motifs is 2. The van der Waals surface area contributed by atoms with Crippen molar-refractivity contribution in [2.75, 3.05) is 24.5 Å². The molecule has 3 heterocycles. The lowest BCUT2D eigenvalue weighted by molar-refractivity contribution is -0.191. The number of hydrogen-bond donors (Lipinski definition) is 0. The Balaban J connectivity index is 0.00000103. The fraction of sp³-hybridized carbons (Fsp3) is 0.520. The Morgan fingerprint density at radius 2 is 1.97 bits per heavy atom. The van der Waals surface area contributed by atoms with E-state index in [9.17, 15) is 9.59 Å². The minimum absolute atomic E-state index is 0.0427. The maximum Gasteiger partial charge on any atom is 0.373 e. The number of amides is 2. The van der Waals surface area contributed by atoms with Gasteiger partial charge in [0.15, 0.2) is 0 Å². The van der Waals surface area contributed by atoms with Crippen LogP contribution in [0, 0.1) is 0 Å². The first-order valence-electron chi connectivity index (χ1n) is 11.6. The van der Waals surface area contributed by atoms with Crippen LogP contribution in [-0.4, -0.2) is 47.5 Å². The van der Waals surface area contributed by atoms with Gasteiger partial charge in [0.05, 0.1) is 12.6 Å². The van der Waals surface area contributed by atoms with Crippen LogP contribution in [0.2, 0.25) is 4.34 Å². The summed E-state index contributed by atoms with van der Waals surface area (Å²) in [7, 11) is 0. The van der Waals surface area contributed by atoms with Gasteiger partial charge in [-0.15, -0.1) is 11.3 Å². The number of anilines is 1. The van der Waals surface area contributed by atoms with Gasteiger partial charge in [0, 0.05) is 37.7 Å². The smallest absolute Gasteiger partial charge is 0.342 e. The topological polar surface area (TPSA) is 87.7 Å². The summed E-state index contributed by atoms with van der Waals surface area (Å²) in [5.74, 6) is 0.150. The molecule has 7 nitrogen and oxygen atoms in total. The van der Waals surface area contributed by atoms with Gasteiger partial charge in [0.1, 0.15) is 9.34 Å². The molecule has 2 aliphatic rings. The Morgan fingerprint density at radius 3 is 2.59 bits per heavy atom. The number of unbranched alkanes of at least 4 members (excludes halogenated alkanes) is 3. The quantitative estimate of drug-likeness (QED) is 0.522. The highest BCUT2D eigenvalue weighted by Crippen LogP contribution is 2.47. The molecule has 0 aliphatic carbocycles. The van der Waals surface area contributed by atoms with Gasteiger partial charge in [-0.25, -0.2) is 4.98 Å². The van der Waals surface area contributed by atoms with Crippen LogP contribution >= 0.6 is 22.9 Å². The highest BCUT2D eigenvalue weighted by Gasteiger charge is 2.49. The first-order valence-corrected chi connectivity index (χ1v) is 12.8. The summed E-state index contributed by atoms with van der Waals surface area (Å²) in [6.07, 6.45) is 8.99. The van der Waals surface area contributed by atoms with E-state index in [1.54, 1.807) is 13.1 Å². The minimum atomic E-state index is -0.170. The molecular weight excluding hydrogens is 474 g/mol. The van der Waals surface area contributed by atoms with Crippen LogP contribution in [0.5, 0.6) is 0 Å². The molecule has 1 spiro atoms. The normalized spacial score (nSPS) is 18.4. The van der Waals surface area contributed by atoms with Crippen molar-refractivity contribution in [2.24, 2.45) is 0 Å². The average molecular weight is 504 g/mol. The first-order chi connectivity index (χ1) is 16.3. The fourth-order valence-electron chi connectivity index (χ4n) is 4.93. The van der Waals surface area contributed by atoms with Crippen molar-refractivity contribution >= 4 is 46.6 Å². The number of carbonyl (C=O) groups excluding carboxylic acids is 4. The van der Waals surface area contributed by atoms with Crippen molar-refractivity contribution in [3.63, 3.8) is 0 Å². The van der Waals surface area contributed by atoms with Crippen LogP contribution < -0.4 is 4.90 Å². The number of likely N-dealkylation sites (tertiary alicyclic amines) is 1. The number of rotatable bonds is 7. The Hall–Kier alpha value is -2.54. The van der Waals surface area contributed by atoms with E-state index in [0.29, 0.717) is 17.4 Å². The van der Waals surface area contributed by atoms with E-state index < -0.39 is 0 Å². The van der Waals surface area contributed by atoms with Crippen molar-refractivity contribution < 1.29 is 19.2 Å². The summed E-state index contributed by atoms with van der Waals surface area (Å²) in [6.45, 7) is 5.92. The van der Waals surface area contributed by atoms with E-state index in [0.717, 1.165) is 30.1 Å². The molecular formula is C25H30ClN3O4S. The van der Waals surface area contributed by atoms with Crippen LogP contribution in [0.25, 0.3) is 0 Å². The molecule has 1 atom stereocenters. The van der Waals surface area contributed by atoms with E-state index in [2.05, 4.69) is 30.1 Å². The van der Waals surface area contributed by atoms with Crippen molar-refractivity contribution in [2.45, 2.75) is 64.2 Å². The number of halogens is 1. The molecule has 0 N–H and O–H groups in total. The van der Waals surface area contributed by atoms with Crippen LogP contribution in [-0.2, 0) is 37.4 Å². The number of thiazole rings is 1. The molecule has 2 amide bonds. The Morgan fingerprint density at radius 1 is 1.21 bits per heavy atom. The standard InChI is InChI=1S/C24H30ClN3O2S.CO2/c1-3-4-5-6-7-18-8-9-20-19(12-18)24(10-11-27(15-24)17(2)29)16-28(20)23(30)13-22-26-14-21(25)31-22;2-1-3/h8-9,12,14H,3-7,10-11,13,15-16H2,1-2H3;. The molecule has 1 aromatic heterocycles. The predicted molar refractivity (Wildman–Crippen MR) is 131 cm³/mol. The van der Waals surface area contributed by atoms with Crippen molar-refractivity contribution in [1.82, 2.24) is 9.88 Å². The highest BCUT2D eigenvalue weighted by atomic mass is 35.5. The minimum Gasteiger partial charge on any atom is -0.342 e. The lowest BCUT2D eigenvalue weighted by Crippen LogP contribution is -2.40. The predicted octanol–water partition coefficient (Wildman–Crippen LogP) is 4.42. The molecule has 2 aromatic rings. The summed E-state index contributed by atoms with van der Waals surface area (Å²) in [6, 6.07) is 6.59. The number of nitrogens with zero attached hydrogens (tertiary/aromatic N) is 3. The summed E-state index contributed by atoms with van der Waals surface area (Å²) in [5.41, 5.74) is 3.39. The van der Waals surface area contributed by atoms with Gasteiger partial charge in [-0.05, 0) is 36.5 Å². The monoisotopic (exact) mass is 503 g/mol. The molecule has 1 unspecified atom stereocenters. The zero-order valence-corrected chi connectivity index (χ0v) is 21.2. The Labute approximate surface area is 209 Å². The lowest BCUT2D eigenvalue weighted by atomic mass is 9.80. The molecule has 2 aliphatic heterocycles. The molecule has 34 heavy (non-hydrogen) atoms. The fourth-order valence-corrected chi connectivity index (χ4v) is 5.88. The second-order valence-corrected chi connectivity index (χ2v) is 10.7. The molecule has 1 aromatic carbocycles. The molecule has 182 valence electrons. The van der Waals surface area contributed by atoms with Crippen LogP contribution in [0.1, 0.15) is 62.1 Å². The van der Waals surface area contributed by atoms with E-state index in [1.807, 2.05) is 9.80 Å². The number of aromatic nitrogens is 1. The highest BCUT2D eigenvalue weighted by molar-refractivity contribution is 7.15. The molecule has 1 saturated heterocycles. The maximum atomic E-state index is 13.2. The average Bonchev–Trinajstić information content (AvgIpc) is 3.50. The maximum absolute atomic E-state index is 13.2. The van der Waals surface area contributed by atoms with Crippen LogP contribution in [0.4, 0.5) is 5.69 Å². The molecule has 1 fully saturated rings. The number of hydrogen-bond acceptors (Lipinski definition) is 6. The Bertz CT molecular complexity index is 1070. The summed E-state index contributed by atoms with van der Waals surface area (Å²) in [4.78, 5) is 49.6. The zero-order valence-electron chi connectivity index (χ0n) is 19.6. The first kappa shape index (κ1) is 26.1. The van der Waals surface area contributed by atoms with E-state index in [4.69, 9.17) is 21.2 Å². The third-order valence-corrected chi connectivity index (χ3v) is 7.75. The van der Waals surface area contributed by atoms with Gasteiger partial charge in [0.25, 0.3) is 0 Å². The molecule has 4 rings (SSSR count). The molecule has 0 radical (unpaired) electrons. The van der Waals surface area contributed by atoms with E-state index >= 15 is 0 Å². The van der Waals surface area contributed by atoms with Gasteiger partial charge < -0.3 is 9.80 Å². The zero-order chi connectivity index (χ0) is 24.7. The van der Waals surface area contributed by atoms with Gasteiger partial charge in [-0.1, -0.05) is 49.9 Å². The molecule has 9 heteroatoms. The molecule has 0 bridgehead atoms. The SMILES string of the molecule is CCCCCCc1ccc2c(c1)C1(CCN(C(C)=O)C1)CN2C(=O)Cc1ncc(Cl)s1.O=C=O. The van der Waals surface area contributed by atoms with Gasteiger partial charge in [0.2, 0.25) is 11.8 Å². The van der Waals surface area contributed by atoms with Gasteiger partial charge in [-0.2, -0.15) is 9.59 Å². The number of aryl methyl sites for hydroxylation is 1. The van der Waals surface area contributed by atoms with Crippen LogP contribution in [0.15, 0.2) is 24.4 Å². The summed E-state index contributed by atoms with van der Waals surface area (Å²) in [5, 5.41) is 0.738. The summed E-state index contributed by atoms with van der Waals surface area (Å²) >= 11 is 7.35. The van der Waals surface area contributed by atoms with Gasteiger partial charge in [-0.3, -0.25) is 9.59 Å². The van der Waals surface area contributed by atoms with E-state index in [-0.39, 0.29) is 29.8 Å².